The molecule has 2 bridgehead atoms. The molecule has 0 amide bonds. The molecule has 422 valence electrons. The highest BCUT2D eigenvalue weighted by Gasteiger charge is 2.55. The van der Waals surface area contributed by atoms with Crippen LogP contribution in [0.4, 0.5) is 0 Å². The molecule has 4 aliphatic rings. The van der Waals surface area contributed by atoms with Crippen molar-refractivity contribution in [3.8, 4) is 0 Å². The SMILES string of the molecule is CC[C@H]1OC(=O)[C@H](C)[C@@H](O[C@H]2C[C@@](C)(OC)[C@@H](O)[C@H](C)O2)[C@H](C)[C@@H](O[C@@H]2O[C@H](C)C[C@H](N(C)C)[C@H]2O)[C@](C)(O)C[C@@H](C)[C@@H]2N[C@@H](COCCOC)O[C@@H]([C@H]2C)[C@]1(C)O.[O-][n+]1ccccc1SSc1cccc[n+]1[O-]. The monoisotopic (exact) mass is 1090 g/mol. The summed E-state index contributed by atoms with van der Waals surface area (Å²) in [6.45, 7) is 19.1. The van der Waals surface area contributed by atoms with Crippen LogP contribution in [0, 0.1) is 34.1 Å². The Morgan fingerprint density at radius 3 is 2.04 bits per heavy atom. The Morgan fingerprint density at radius 2 is 1.49 bits per heavy atom. The van der Waals surface area contributed by atoms with E-state index < -0.39 is 96.1 Å². The fourth-order valence-electron chi connectivity index (χ4n) is 11.1. The van der Waals surface area contributed by atoms with E-state index in [-0.39, 0.29) is 55.9 Å². The lowest BCUT2D eigenvalue weighted by atomic mass is 9.71. The van der Waals surface area contributed by atoms with Gasteiger partial charge in [-0.1, -0.05) is 27.7 Å². The number of esters is 1. The molecular formula is C52H86N4O16S2. The summed E-state index contributed by atoms with van der Waals surface area (Å²) in [6.07, 6.45) is -5.43. The lowest BCUT2D eigenvalue weighted by molar-refractivity contribution is -0.646. The van der Waals surface area contributed by atoms with Gasteiger partial charge in [-0.3, -0.25) is 10.1 Å². The molecule has 2 aromatic heterocycles. The second-order valence-electron chi connectivity index (χ2n) is 21.5. The number of aliphatic hydroxyl groups is 4. The predicted octanol–water partition coefficient (Wildman–Crippen LogP) is 3.95. The highest BCUT2D eigenvalue weighted by atomic mass is 33.1. The van der Waals surface area contributed by atoms with Crippen molar-refractivity contribution in [1.29, 1.82) is 0 Å². The molecule has 74 heavy (non-hydrogen) atoms. The third kappa shape index (κ3) is 15.4. The minimum absolute atomic E-state index is 0.137. The number of hydrogen-bond donors (Lipinski definition) is 5. The van der Waals surface area contributed by atoms with E-state index in [2.05, 4.69) is 5.32 Å². The van der Waals surface area contributed by atoms with Gasteiger partial charge in [-0.15, -0.1) is 0 Å². The number of aliphatic hydroxyl groups excluding tert-OH is 2. The van der Waals surface area contributed by atoms with Crippen molar-refractivity contribution in [2.45, 2.75) is 201 Å². The topological polar surface area (TPSA) is 250 Å². The van der Waals surface area contributed by atoms with Crippen molar-refractivity contribution in [2.24, 2.45) is 23.7 Å². The summed E-state index contributed by atoms with van der Waals surface area (Å²) >= 11 is 0. The van der Waals surface area contributed by atoms with Gasteiger partial charge in [-0.2, -0.15) is 9.46 Å². The maximum atomic E-state index is 14.5. The number of likely N-dealkylation sites (N-methyl/N-ethyl adjacent to an activating group) is 1. The Bertz CT molecular complexity index is 2000. The van der Waals surface area contributed by atoms with Crippen LogP contribution in [0.5, 0.6) is 0 Å². The molecule has 0 saturated carbocycles. The van der Waals surface area contributed by atoms with E-state index in [1.54, 1.807) is 78.1 Å². The second-order valence-corrected chi connectivity index (χ2v) is 23.6. The van der Waals surface area contributed by atoms with Crippen molar-refractivity contribution in [1.82, 2.24) is 10.2 Å². The number of cyclic esters (lactones) is 1. The maximum absolute atomic E-state index is 14.5. The van der Waals surface area contributed by atoms with Gasteiger partial charge < -0.3 is 78.4 Å². The largest absolute Gasteiger partial charge is 0.618 e. The molecule has 4 fully saturated rings. The summed E-state index contributed by atoms with van der Waals surface area (Å²) in [6, 6.07) is 9.73. The number of methoxy groups -OCH3 is 2. The number of carbonyl (C=O) groups excluding carboxylic acids is 1. The number of aromatic nitrogens is 2. The van der Waals surface area contributed by atoms with E-state index in [1.807, 2.05) is 53.6 Å². The number of carbonyl (C=O) groups is 1. The molecule has 20 nitrogen and oxygen atoms in total. The van der Waals surface area contributed by atoms with E-state index in [1.165, 1.54) is 41.1 Å². The minimum atomic E-state index is -1.64. The van der Waals surface area contributed by atoms with Crippen molar-refractivity contribution < 1.29 is 77.3 Å². The van der Waals surface area contributed by atoms with E-state index >= 15 is 0 Å². The van der Waals surface area contributed by atoms with Gasteiger partial charge >= 0.3 is 5.97 Å². The van der Waals surface area contributed by atoms with Crippen molar-refractivity contribution in [3.05, 3.63) is 59.2 Å². The average molecular weight is 1090 g/mol. The standard InChI is InChI=1S/C42H78N2O14.C10H8N2O2S2/c1-15-29-42(10,49)37-24(4)32(43-30(56-37)21-52-17-16-50-13)22(2)19-40(8,48)36(58-39-33(45)28(44(11)12)18-23(3)53-39)25(5)34(26(6)38(47)55-29)57-31-20-41(9,51-14)35(46)27(7)54-31;13-11-7-3-1-5-9(11)15-16-10-6-2-4-8-12(10)14/h22-37,39,43,45-46,48-49H,15-21H2,1-14H3;1-8H/t22-,23-,24+,25+,26-,27+,28+,29-,30-,31+,32+,33-,34+,35+,36-,37+,39+,40-,41-,42-;/m1./s1. The first-order chi connectivity index (χ1) is 34.8. The van der Waals surface area contributed by atoms with Gasteiger partial charge in [0.05, 0.1) is 67.5 Å². The number of pyridine rings is 2. The lowest BCUT2D eigenvalue weighted by Crippen LogP contribution is -2.67. The number of ether oxygens (including phenoxy) is 9. The fourth-order valence-corrected chi connectivity index (χ4v) is 13.1. The van der Waals surface area contributed by atoms with Crippen molar-refractivity contribution in [2.75, 3.05) is 48.1 Å². The molecule has 20 atom stereocenters. The van der Waals surface area contributed by atoms with Gasteiger partial charge in [0.25, 0.3) is 10.1 Å². The van der Waals surface area contributed by atoms with Crippen LogP contribution in [0.2, 0.25) is 0 Å². The summed E-state index contributed by atoms with van der Waals surface area (Å²) in [5.41, 5.74) is -4.27. The van der Waals surface area contributed by atoms with Crippen LogP contribution in [0.15, 0.2) is 58.8 Å². The van der Waals surface area contributed by atoms with E-state index in [0.29, 0.717) is 29.7 Å². The van der Waals surface area contributed by atoms with E-state index in [0.717, 1.165) is 9.46 Å². The maximum Gasteiger partial charge on any atom is 0.311 e. The molecular weight excluding hydrogens is 1000 g/mol. The molecule has 6 rings (SSSR count). The number of rotatable bonds is 15. The highest BCUT2D eigenvalue weighted by molar-refractivity contribution is 8.76. The Balaban J connectivity index is 0.000000534. The molecule has 4 saturated heterocycles. The lowest BCUT2D eigenvalue weighted by Gasteiger charge is -2.52. The predicted molar refractivity (Wildman–Crippen MR) is 276 cm³/mol. The number of nitrogens with zero attached hydrogens (tertiary/aromatic N) is 3. The molecule has 0 unspecified atom stereocenters. The van der Waals surface area contributed by atoms with Crippen LogP contribution in [0.25, 0.3) is 0 Å². The second kappa shape index (κ2) is 27.4. The molecule has 6 heterocycles. The molecule has 0 aromatic carbocycles. The first kappa shape index (κ1) is 62.4. The zero-order valence-corrected chi connectivity index (χ0v) is 47.4. The minimum Gasteiger partial charge on any atom is -0.618 e. The van der Waals surface area contributed by atoms with E-state index in [4.69, 9.17) is 42.6 Å². The van der Waals surface area contributed by atoms with Gasteiger partial charge in [0, 0.05) is 90.4 Å². The molecule has 4 aliphatic heterocycles. The Kier molecular flexibility index (Phi) is 23.1. The summed E-state index contributed by atoms with van der Waals surface area (Å²) in [5.74, 6) is -2.95. The van der Waals surface area contributed by atoms with Gasteiger partial charge in [0.2, 0.25) is 0 Å². The number of fused-ring (bicyclic) bond motifs is 2. The Hall–Kier alpha value is -2.49. The van der Waals surface area contributed by atoms with Gasteiger partial charge in [-0.05, 0) is 93.0 Å². The molecule has 0 spiro atoms. The van der Waals surface area contributed by atoms with Crippen molar-refractivity contribution in [3.63, 3.8) is 0 Å². The normalized spacial score (nSPS) is 40.4. The van der Waals surface area contributed by atoms with Crippen molar-refractivity contribution >= 4 is 27.6 Å². The average Bonchev–Trinajstić information content (AvgIpc) is 3.35. The zero-order valence-electron chi connectivity index (χ0n) is 45.7. The summed E-state index contributed by atoms with van der Waals surface area (Å²) in [7, 11) is 9.42. The first-order valence-corrected chi connectivity index (χ1v) is 28.0. The van der Waals surface area contributed by atoms with Crippen LogP contribution in [-0.2, 0) is 47.4 Å². The van der Waals surface area contributed by atoms with Crippen LogP contribution < -0.4 is 14.8 Å². The van der Waals surface area contributed by atoms with E-state index in [9.17, 15) is 35.6 Å². The Labute approximate surface area is 445 Å². The fraction of sp³-hybridized carbons (Fsp3) is 0.788. The number of hydrogen-bond acceptors (Lipinski definition) is 20. The summed E-state index contributed by atoms with van der Waals surface area (Å²) < 4.78 is 57.3. The molecule has 0 radical (unpaired) electrons. The van der Waals surface area contributed by atoms with Gasteiger partial charge in [-0.25, -0.2) is 0 Å². The Morgan fingerprint density at radius 1 is 0.865 bits per heavy atom. The highest BCUT2D eigenvalue weighted by Crippen LogP contribution is 2.43. The zero-order chi connectivity index (χ0) is 54.9. The van der Waals surface area contributed by atoms with Gasteiger partial charge in [0.1, 0.15) is 30.1 Å². The quantitative estimate of drug-likeness (QED) is 0.0557. The van der Waals surface area contributed by atoms with Gasteiger partial charge in [0.15, 0.2) is 25.0 Å². The molecule has 2 aromatic rings. The summed E-state index contributed by atoms with van der Waals surface area (Å²) in [5, 5.41) is 75.3. The van der Waals surface area contributed by atoms with Crippen LogP contribution in [0.1, 0.15) is 94.9 Å². The van der Waals surface area contributed by atoms with Crippen LogP contribution in [-0.4, -0.2) is 176 Å². The third-order valence-electron chi connectivity index (χ3n) is 15.2. The molecule has 5 N–H and O–H groups in total. The summed E-state index contributed by atoms with van der Waals surface area (Å²) in [4.78, 5) is 16.4. The molecule has 22 heteroatoms. The van der Waals surface area contributed by atoms with Crippen LogP contribution in [0.3, 0.4) is 0 Å². The number of nitrogens with one attached hydrogen (secondary N) is 1. The first-order valence-electron chi connectivity index (χ1n) is 25.8. The molecule has 0 aliphatic carbocycles. The van der Waals surface area contributed by atoms with Crippen LogP contribution >= 0.6 is 21.6 Å². The third-order valence-corrected chi connectivity index (χ3v) is 17.6. The smallest absolute Gasteiger partial charge is 0.311 e.